The van der Waals surface area contributed by atoms with Crippen LogP contribution in [-0.2, 0) is 6.42 Å². The Bertz CT molecular complexity index is 654. The Balaban J connectivity index is 2.02. The molecule has 0 unspecified atom stereocenters. The van der Waals surface area contributed by atoms with E-state index < -0.39 is 0 Å². The number of anilines is 2. The van der Waals surface area contributed by atoms with Gasteiger partial charge < -0.3 is 10.6 Å². The molecule has 1 heterocycles. The molecule has 96 valence electrons. The number of carbonyl (C=O) groups excluding carboxylic acids is 1. The number of benzene rings is 2. The number of halogens is 1. The Morgan fingerprint density at radius 3 is 2.74 bits per heavy atom. The highest BCUT2D eigenvalue weighted by molar-refractivity contribution is 9.10. The third-order valence-electron chi connectivity index (χ3n) is 3.38. The molecule has 3 nitrogen and oxygen atoms in total. The maximum atomic E-state index is 12.5. The number of carbonyl (C=O) groups is 1. The summed E-state index contributed by atoms with van der Waals surface area (Å²) >= 11 is 3.38. The van der Waals surface area contributed by atoms with Gasteiger partial charge in [-0.15, -0.1) is 0 Å². The first-order chi connectivity index (χ1) is 9.16. The lowest BCUT2D eigenvalue weighted by molar-refractivity contribution is 0.0981. The smallest absolute Gasteiger partial charge is 0.258 e. The van der Waals surface area contributed by atoms with E-state index in [1.54, 1.807) is 4.90 Å². The molecule has 0 fully saturated rings. The standard InChI is InChI=1S/C15H13BrN2O/c16-11-5-6-14(13(17)9-11)18-8-7-10-3-1-2-4-12(10)15(18)19/h1-6,9H,7-8,17H2. The zero-order valence-electron chi connectivity index (χ0n) is 10.3. The zero-order valence-corrected chi connectivity index (χ0v) is 11.9. The third kappa shape index (κ3) is 2.12. The Morgan fingerprint density at radius 2 is 1.95 bits per heavy atom. The normalized spacial score (nSPS) is 14.4. The number of amides is 1. The molecule has 0 aromatic heterocycles. The number of nitrogens with two attached hydrogens (primary N) is 1. The van der Waals surface area contributed by atoms with Crippen LogP contribution in [0.15, 0.2) is 46.9 Å². The first-order valence-electron chi connectivity index (χ1n) is 6.11. The SMILES string of the molecule is Nc1cc(Br)ccc1N1CCc2ccccc2C1=O. The van der Waals surface area contributed by atoms with E-state index in [2.05, 4.69) is 15.9 Å². The molecule has 0 aliphatic carbocycles. The van der Waals surface area contributed by atoms with E-state index >= 15 is 0 Å². The van der Waals surface area contributed by atoms with Gasteiger partial charge in [-0.3, -0.25) is 4.79 Å². The molecule has 0 saturated carbocycles. The average Bonchev–Trinajstić information content (AvgIpc) is 2.41. The van der Waals surface area contributed by atoms with Gasteiger partial charge in [-0.1, -0.05) is 34.1 Å². The molecule has 1 aliphatic rings. The Hall–Kier alpha value is -1.81. The lowest BCUT2D eigenvalue weighted by Crippen LogP contribution is -2.38. The van der Waals surface area contributed by atoms with Crippen LogP contribution >= 0.6 is 15.9 Å². The largest absolute Gasteiger partial charge is 0.397 e. The van der Waals surface area contributed by atoms with Crippen molar-refractivity contribution < 1.29 is 4.79 Å². The first kappa shape index (κ1) is 12.2. The second-order valence-corrected chi connectivity index (χ2v) is 5.48. The van der Waals surface area contributed by atoms with Gasteiger partial charge >= 0.3 is 0 Å². The summed E-state index contributed by atoms with van der Waals surface area (Å²) in [5.41, 5.74) is 9.29. The van der Waals surface area contributed by atoms with Crippen LogP contribution in [0.4, 0.5) is 11.4 Å². The molecule has 1 aliphatic heterocycles. The topological polar surface area (TPSA) is 46.3 Å². The van der Waals surface area contributed by atoms with Crippen LogP contribution in [0.25, 0.3) is 0 Å². The maximum absolute atomic E-state index is 12.5. The minimum atomic E-state index is 0.0240. The summed E-state index contributed by atoms with van der Waals surface area (Å²) in [7, 11) is 0. The molecule has 0 radical (unpaired) electrons. The van der Waals surface area contributed by atoms with Gasteiger partial charge in [0.2, 0.25) is 0 Å². The van der Waals surface area contributed by atoms with Gasteiger partial charge in [0.15, 0.2) is 0 Å². The lowest BCUT2D eigenvalue weighted by Gasteiger charge is -2.29. The second-order valence-electron chi connectivity index (χ2n) is 4.57. The predicted molar refractivity (Wildman–Crippen MR) is 80.4 cm³/mol. The zero-order chi connectivity index (χ0) is 13.4. The van der Waals surface area contributed by atoms with Gasteiger partial charge in [0.1, 0.15) is 0 Å². The van der Waals surface area contributed by atoms with Gasteiger partial charge in [0, 0.05) is 16.6 Å². The van der Waals surface area contributed by atoms with Crippen LogP contribution in [0, 0.1) is 0 Å². The van der Waals surface area contributed by atoms with Gasteiger partial charge in [0.05, 0.1) is 11.4 Å². The lowest BCUT2D eigenvalue weighted by atomic mass is 9.98. The van der Waals surface area contributed by atoms with E-state index in [0.717, 1.165) is 27.7 Å². The van der Waals surface area contributed by atoms with Gasteiger partial charge in [-0.25, -0.2) is 0 Å². The van der Waals surface area contributed by atoms with Gasteiger partial charge in [-0.2, -0.15) is 0 Å². The van der Waals surface area contributed by atoms with Gasteiger partial charge in [-0.05, 0) is 36.2 Å². The van der Waals surface area contributed by atoms with Crippen LogP contribution in [0.5, 0.6) is 0 Å². The summed E-state index contributed by atoms with van der Waals surface area (Å²) in [4.78, 5) is 14.3. The van der Waals surface area contributed by atoms with Crippen LogP contribution in [0.2, 0.25) is 0 Å². The van der Waals surface area contributed by atoms with E-state index in [1.807, 2.05) is 42.5 Å². The number of hydrogen-bond donors (Lipinski definition) is 1. The van der Waals surface area contributed by atoms with E-state index in [-0.39, 0.29) is 5.91 Å². The van der Waals surface area contributed by atoms with Crippen molar-refractivity contribution in [3.8, 4) is 0 Å². The van der Waals surface area contributed by atoms with Crippen LogP contribution in [0.1, 0.15) is 15.9 Å². The molecule has 0 bridgehead atoms. The fourth-order valence-electron chi connectivity index (χ4n) is 2.43. The minimum Gasteiger partial charge on any atom is -0.397 e. The Labute approximate surface area is 120 Å². The van der Waals surface area contributed by atoms with Crippen molar-refractivity contribution >= 4 is 33.2 Å². The van der Waals surface area contributed by atoms with Crippen molar-refractivity contribution in [3.63, 3.8) is 0 Å². The monoisotopic (exact) mass is 316 g/mol. The molecule has 1 amide bonds. The highest BCUT2D eigenvalue weighted by Gasteiger charge is 2.26. The van der Waals surface area contributed by atoms with Gasteiger partial charge in [0.25, 0.3) is 5.91 Å². The number of nitrogens with zero attached hydrogens (tertiary/aromatic N) is 1. The van der Waals surface area contributed by atoms with E-state index in [4.69, 9.17) is 5.73 Å². The molecular formula is C15H13BrN2O. The predicted octanol–water partition coefficient (Wildman–Crippen LogP) is 3.23. The summed E-state index contributed by atoms with van der Waals surface area (Å²) in [6, 6.07) is 13.4. The van der Waals surface area contributed by atoms with E-state index in [9.17, 15) is 4.79 Å². The molecule has 0 atom stereocenters. The molecule has 2 aromatic rings. The minimum absolute atomic E-state index is 0.0240. The molecule has 4 heteroatoms. The van der Waals surface area contributed by atoms with Crippen LogP contribution in [-0.4, -0.2) is 12.5 Å². The Kier molecular flexibility index (Phi) is 3.03. The average molecular weight is 317 g/mol. The summed E-state index contributed by atoms with van der Waals surface area (Å²) in [5, 5.41) is 0. The quantitative estimate of drug-likeness (QED) is 0.821. The van der Waals surface area contributed by atoms with E-state index in [1.165, 1.54) is 0 Å². The van der Waals surface area contributed by atoms with Crippen molar-refractivity contribution in [3.05, 3.63) is 58.1 Å². The highest BCUT2D eigenvalue weighted by Crippen LogP contribution is 2.30. The molecule has 0 spiro atoms. The van der Waals surface area contributed by atoms with Crippen molar-refractivity contribution in [2.75, 3.05) is 17.2 Å². The molecular weight excluding hydrogens is 304 g/mol. The molecule has 2 N–H and O–H groups in total. The summed E-state index contributed by atoms with van der Waals surface area (Å²) in [6.07, 6.45) is 0.859. The van der Waals surface area contributed by atoms with Crippen molar-refractivity contribution in [2.24, 2.45) is 0 Å². The molecule has 0 saturated heterocycles. The maximum Gasteiger partial charge on any atom is 0.258 e. The number of hydrogen-bond acceptors (Lipinski definition) is 2. The first-order valence-corrected chi connectivity index (χ1v) is 6.91. The van der Waals surface area contributed by atoms with E-state index in [0.29, 0.717) is 12.2 Å². The number of fused-ring (bicyclic) bond motifs is 1. The Morgan fingerprint density at radius 1 is 1.16 bits per heavy atom. The summed E-state index contributed by atoms with van der Waals surface area (Å²) in [6.45, 7) is 0.668. The molecule has 3 rings (SSSR count). The highest BCUT2D eigenvalue weighted by atomic mass is 79.9. The summed E-state index contributed by atoms with van der Waals surface area (Å²) < 4.78 is 0.915. The fourth-order valence-corrected chi connectivity index (χ4v) is 2.81. The third-order valence-corrected chi connectivity index (χ3v) is 3.87. The van der Waals surface area contributed by atoms with Crippen molar-refractivity contribution in [1.82, 2.24) is 0 Å². The van der Waals surface area contributed by atoms with Crippen LogP contribution in [0.3, 0.4) is 0 Å². The fraction of sp³-hybridized carbons (Fsp3) is 0.133. The number of nitrogen functional groups attached to an aromatic ring is 1. The second kappa shape index (κ2) is 4.70. The van der Waals surface area contributed by atoms with Crippen molar-refractivity contribution in [1.29, 1.82) is 0 Å². The summed E-state index contributed by atoms with van der Waals surface area (Å²) in [5.74, 6) is 0.0240. The van der Waals surface area contributed by atoms with Crippen LogP contribution < -0.4 is 10.6 Å². The molecule has 2 aromatic carbocycles. The molecule has 19 heavy (non-hydrogen) atoms. The number of rotatable bonds is 1. The van der Waals surface area contributed by atoms with Crippen molar-refractivity contribution in [2.45, 2.75) is 6.42 Å².